The van der Waals surface area contributed by atoms with Crippen LogP contribution in [0.25, 0.3) is 0 Å². The van der Waals surface area contributed by atoms with Gasteiger partial charge in [0.15, 0.2) is 0 Å². The molecule has 0 heterocycles. The van der Waals surface area contributed by atoms with Gasteiger partial charge >= 0.3 is 0 Å². The molecule has 0 aromatic heterocycles. The van der Waals surface area contributed by atoms with Gasteiger partial charge in [-0.1, -0.05) is 18.9 Å². The molecule has 0 spiro atoms. The van der Waals surface area contributed by atoms with E-state index in [0.29, 0.717) is 17.7 Å². The van der Waals surface area contributed by atoms with E-state index in [1.54, 1.807) is 7.11 Å². The summed E-state index contributed by atoms with van der Waals surface area (Å²) >= 11 is 0. The summed E-state index contributed by atoms with van der Waals surface area (Å²) in [5, 5.41) is 3.35. The first-order valence-corrected chi connectivity index (χ1v) is 8.26. The fraction of sp³-hybridized carbons (Fsp3) is 0.600. The van der Waals surface area contributed by atoms with Crippen LogP contribution in [0.3, 0.4) is 0 Å². The Hall–Kier alpha value is -0.870. The average Bonchev–Trinajstić information content (AvgIpc) is 2.98. The van der Waals surface area contributed by atoms with Crippen molar-refractivity contribution in [1.82, 2.24) is 5.32 Å². The van der Waals surface area contributed by atoms with Crippen LogP contribution < -0.4 is 10.1 Å². The summed E-state index contributed by atoms with van der Waals surface area (Å²) in [6, 6.07) is 7.93. The third kappa shape index (κ3) is 3.80. The van der Waals surface area contributed by atoms with Gasteiger partial charge in [0.05, 0.1) is 17.9 Å². The van der Waals surface area contributed by atoms with E-state index in [4.69, 9.17) is 4.74 Å². The van der Waals surface area contributed by atoms with Crippen molar-refractivity contribution in [3.05, 3.63) is 24.3 Å². The summed E-state index contributed by atoms with van der Waals surface area (Å²) in [4.78, 5) is 0.859. The van der Waals surface area contributed by atoms with E-state index in [0.717, 1.165) is 10.6 Å². The maximum Gasteiger partial charge on any atom is 0.120 e. The van der Waals surface area contributed by atoms with Gasteiger partial charge in [0, 0.05) is 16.7 Å². The molecule has 1 N–H and O–H groups in total. The third-order valence-electron chi connectivity index (χ3n) is 3.97. The Morgan fingerprint density at radius 1 is 1.42 bits per heavy atom. The molecular formula is C15H23NO2S. The van der Waals surface area contributed by atoms with Gasteiger partial charge in [-0.2, -0.15) is 0 Å². The number of rotatable bonds is 6. The number of ether oxygens (including phenoxy) is 1. The molecule has 1 saturated carbocycles. The minimum absolute atomic E-state index is 0.356. The van der Waals surface area contributed by atoms with Crippen molar-refractivity contribution in [2.75, 3.05) is 19.9 Å². The highest BCUT2D eigenvalue weighted by Gasteiger charge is 2.25. The van der Waals surface area contributed by atoms with Gasteiger partial charge in [-0.25, -0.2) is 0 Å². The van der Waals surface area contributed by atoms with Crippen molar-refractivity contribution in [3.63, 3.8) is 0 Å². The SMILES string of the molecule is CNC(CS(=O)c1cccc(OC)c1)C1CCCC1. The Balaban J connectivity index is 2.01. The fourth-order valence-electron chi connectivity index (χ4n) is 2.82. The Morgan fingerprint density at radius 3 is 2.79 bits per heavy atom. The molecule has 0 aliphatic heterocycles. The monoisotopic (exact) mass is 281 g/mol. The van der Waals surface area contributed by atoms with Crippen LogP contribution in [0.4, 0.5) is 0 Å². The van der Waals surface area contributed by atoms with Gasteiger partial charge in [-0.15, -0.1) is 0 Å². The van der Waals surface area contributed by atoms with E-state index in [2.05, 4.69) is 5.32 Å². The zero-order valence-corrected chi connectivity index (χ0v) is 12.5. The van der Waals surface area contributed by atoms with Gasteiger partial charge in [0.2, 0.25) is 0 Å². The van der Waals surface area contributed by atoms with Crippen molar-refractivity contribution in [2.24, 2.45) is 5.92 Å². The lowest BCUT2D eigenvalue weighted by Gasteiger charge is -2.22. The lowest BCUT2D eigenvalue weighted by Crippen LogP contribution is -2.37. The first kappa shape index (κ1) is 14.5. The zero-order chi connectivity index (χ0) is 13.7. The fourth-order valence-corrected chi connectivity index (χ4v) is 4.25. The molecule has 1 aromatic carbocycles. The van der Waals surface area contributed by atoms with Crippen LogP contribution in [0.15, 0.2) is 29.2 Å². The maximum absolute atomic E-state index is 12.5. The average molecular weight is 281 g/mol. The quantitative estimate of drug-likeness (QED) is 0.871. The predicted octanol–water partition coefficient (Wildman–Crippen LogP) is 2.58. The summed E-state index contributed by atoms with van der Waals surface area (Å²) in [6.45, 7) is 0. The van der Waals surface area contributed by atoms with Crippen molar-refractivity contribution in [3.8, 4) is 5.75 Å². The van der Waals surface area contributed by atoms with Crippen molar-refractivity contribution in [1.29, 1.82) is 0 Å². The molecule has 1 aliphatic rings. The number of nitrogens with one attached hydrogen (secondary N) is 1. The van der Waals surface area contributed by atoms with Crippen molar-refractivity contribution < 1.29 is 8.95 Å². The highest BCUT2D eigenvalue weighted by molar-refractivity contribution is 7.85. The first-order valence-electron chi connectivity index (χ1n) is 6.94. The van der Waals surface area contributed by atoms with E-state index in [-0.39, 0.29) is 0 Å². The van der Waals surface area contributed by atoms with Gasteiger partial charge in [-0.3, -0.25) is 4.21 Å². The Bertz CT molecular complexity index is 430. The highest BCUT2D eigenvalue weighted by atomic mass is 32.2. The summed E-state index contributed by atoms with van der Waals surface area (Å²) in [5.41, 5.74) is 0. The minimum atomic E-state index is -0.964. The molecule has 0 radical (unpaired) electrons. The molecule has 1 fully saturated rings. The lowest BCUT2D eigenvalue weighted by atomic mass is 10.0. The summed E-state index contributed by atoms with van der Waals surface area (Å²) in [7, 11) is 2.65. The molecule has 3 nitrogen and oxygen atoms in total. The molecule has 4 heteroatoms. The molecule has 106 valence electrons. The van der Waals surface area contributed by atoms with Crippen molar-refractivity contribution >= 4 is 10.8 Å². The lowest BCUT2D eigenvalue weighted by molar-refractivity contribution is 0.407. The molecule has 0 bridgehead atoms. The van der Waals surface area contributed by atoms with E-state index in [1.165, 1.54) is 25.7 Å². The topological polar surface area (TPSA) is 38.3 Å². The van der Waals surface area contributed by atoms with Crippen LogP contribution in [0, 0.1) is 5.92 Å². The zero-order valence-electron chi connectivity index (χ0n) is 11.7. The second-order valence-electron chi connectivity index (χ2n) is 5.13. The highest BCUT2D eigenvalue weighted by Crippen LogP contribution is 2.28. The van der Waals surface area contributed by atoms with Crippen LogP contribution in [0.1, 0.15) is 25.7 Å². The van der Waals surface area contributed by atoms with Gasteiger partial charge in [-0.05, 0) is 44.0 Å². The van der Waals surface area contributed by atoms with Crippen molar-refractivity contribution in [2.45, 2.75) is 36.6 Å². The van der Waals surface area contributed by atoms with Crippen LogP contribution in [-0.2, 0) is 10.8 Å². The molecule has 0 saturated heterocycles. The minimum Gasteiger partial charge on any atom is -0.497 e. The number of benzene rings is 1. The Kier molecular flexibility index (Phi) is 5.40. The molecule has 2 atom stereocenters. The van der Waals surface area contributed by atoms with Gasteiger partial charge < -0.3 is 10.1 Å². The van der Waals surface area contributed by atoms with E-state index >= 15 is 0 Å². The van der Waals surface area contributed by atoms with Crippen LogP contribution >= 0.6 is 0 Å². The predicted molar refractivity (Wildman–Crippen MR) is 79.1 cm³/mol. The van der Waals surface area contributed by atoms with Gasteiger partial charge in [0.25, 0.3) is 0 Å². The summed E-state index contributed by atoms with van der Waals surface area (Å²) < 4.78 is 17.6. The number of hydrogen-bond donors (Lipinski definition) is 1. The van der Waals surface area contributed by atoms with Crippen LogP contribution in [-0.4, -0.2) is 30.2 Å². The van der Waals surface area contributed by atoms with E-state index in [1.807, 2.05) is 31.3 Å². The number of hydrogen-bond acceptors (Lipinski definition) is 3. The Labute approximate surface area is 118 Å². The standard InChI is InChI=1S/C15H23NO2S/c1-16-15(12-6-3-4-7-12)11-19(17)14-9-5-8-13(10-14)18-2/h5,8-10,12,15-16H,3-4,6-7,11H2,1-2H3. The molecule has 0 amide bonds. The third-order valence-corrected chi connectivity index (χ3v) is 5.42. The molecule has 1 aromatic rings. The molecular weight excluding hydrogens is 258 g/mol. The largest absolute Gasteiger partial charge is 0.497 e. The Morgan fingerprint density at radius 2 is 2.16 bits per heavy atom. The maximum atomic E-state index is 12.5. The molecule has 1 aliphatic carbocycles. The molecule has 2 rings (SSSR count). The van der Waals surface area contributed by atoms with E-state index < -0.39 is 10.8 Å². The summed E-state index contributed by atoms with van der Waals surface area (Å²) in [6.07, 6.45) is 5.16. The van der Waals surface area contributed by atoms with Crippen LogP contribution in [0.5, 0.6) is 5.75 Å². The smallest absolute Gasteiger partial charge is 0.120 e. The summed E-state index contributed by atoms with van der Waals surface area (Å²) in [5.74, 6) is 2.14. The second-order valence-corrected chi connectivity index (χ2v) is 6.63. The van der Waals surface area contributed by atoms with Crippen LogP contribution in [0.2, 0.25) is 0 Å². The molecule has 2 unspecified atom stereocenters. The molecule has 19 heavy (non-hydrogen) atoms. The van der Waals surface area contributed by atoms with E-state index in [9.17, 15) is 4.21 Å². The first-order chi connectivity index (χ1) is 9.24. The normalized spacial score (nSPS) is 19.3. The second kappa shape index (κ2) is 7.06. The number of methoxy groups -OCH3 is 1. The van der Waals surface area contributed by atoms with Gasteiger partial charge in [0.1, 0.15) is 5.75 Å².